The van der Waals surface area contributed by atoms with Gasteiger partial charge in [0.1, 0.15) is 18.5 Å². The fourth-order valence-corrected chi connectivity index (χ4v) is 1.43. The van der Waals surface area contributed by atoms with Gasteiger partial charge < -0.3 is 20.0 Å². The SMILES string of the molecule is COc1ccccc1/C=N/OCC(O)CNC(C)C. The summed E-state index contributed by atoms with van der Waals surface area (Å²) in [6.07, 6.45) is 0.999. The molecule has 1 unspecified atom stereocenters. The zero-order valence-corrected chi connectivity index (χ0v) is 11.7. The van der Waals surface area contributed by atoms with E-state index in [-0.39, 0.29) is 6.61 Å². The standard InChI is InChI=1S/C14H22N2O3/c1-11(2)15-9-13(17)10-19-16-8-12-6-4-5-7-14(12)18-3/h4-8,11,13,15,17H,9-10H2,1-3H3/b16-8+. The topological polar surface area (TPSA) is 63.1 Å². The molecule has 5 nitrogen and oxygen atoms in total. The van der Waals surface area contributed by atoms with Gasteiger partial charge in [-0.2, -0.15) is 0 Å². The highest BCUT2D eigenvalue weighted by molar-refractivity contribution is 5.82. The smallest absolute Gasteiger partial charge is 0.144 e. The largest absolute Gasteiger partial charge is 0.496 e. The first-order valence-corrected chi connectivity index (χ1v) is 6.33. The second-order valence-corrected chi connectivity index (χ2v) is 4.49. The van der Waals surface area contributed by atoms with E-state index < -0.39 is 6.10 Å². The Morgan fingerprint density at radius 2 is 2.11 bits per heavy atom. The number of hydrogen-bond acceptors (Lipinski definition) is 5. The molecule has 0 aliphatic heterocycles. The van der Waals surface area contributed by atoms with E-state index in [0.29, 0.717) is 12.6 Å². The molecular weight excluding hydrogens is 244 g/mol. The van der Waals surface area contributed by atoms with Crippen LogP contribution in [0.15, 0.2) is 29.4 Å². The first-order chi connectivity index (χ1) is 9.13. The lowest BCUT2D eigenvalue weighted by Crippen LogP contribution is -2.34. The van der Waals surface area contributed by atoms with Crippen LogP contribution in [-0.2, 0) is 4.84 Å². The average molecular weight is 266 g/mol. The molecule has 5 heteroatoms. The summed E-state index contributed by atoms with van der Waals surface area (Å²) in [5.41, 5.74) is 0.833. The van der Waals surface area contributed by atoms with E-state index >= 15 is 0 Å². The molecule has 0 amide bonds. The summed E-state index contributed by atoms with van der Waals surface area (Å²) in [4.78, 5) is 5.06. The van der Waals surface area contributed by atoms with Crippen molar-refractivity contribution >= 4 is 6.21 Å². The van der Waals surface area contributed by atoms with Crippen molar-refractivity contribution in [3.8, 4) is 5.75 Å². The van der Waals surface area contributed by atoms with Gasteiger partial charge in [0.15, 0.2) is 0 Å². The van der Waals surface area contributed by atoms with Gasteiger partial charge in [-0.3, -0.25) is 0 Å². The Bertz CT molecular complexity index is 394. The van der Waals surface area contributed by atoms with Crippen molar-refractivity contribution in [1.82, 2.24) is 5.32 Å². The fraction of sp³-hybridized carbons (Fsp3) is 0.500. The summed E-state index contributed by atoms with van der Waals surface area (Å²) in [5, 5.41) is 16.6. The number of nitrogens with zero attached hydrogens (tertiary/aromatic N) is 1. The lowest BCUT2D eigenvalue weighted by Gasteiger charge is -2.12. The monoisotopic (exact) mass is 266 g/mol. The Hall–Kier alpha value is -1.59. The van der Waals surface area contributed by atoms with Crippen LogP contribution in [0.25, 0.3) is 0 Å². The highest BCUT2D eigenvalue weighted by Crippen LogP contribution is 2.14. The van der Waals surface area contributed by atoms with Gasteiger partial charge >= 0.3 is 0 Å². The Morgan fingerprint density at radius 1 is 1.37 bits per heavy atom. The van der Waals surface area contributed by atoms with Crippen molar-refractivity contribution in [2.75, 3.05) is 20.3 Å². The molecule has 0 fully saturated rings. The lowest BCUT2D eigenvalue weighted by molar-refractivity contribution is 0.0401. The maximum atomic E-state index is 9.61. The van der Waals surface area contributed by atoms with E-state index in [1.54, 1.807) is 13.3 Å². The number of nitrogens with one attached hydrogen (secondary N) is 1. The molecule has 1 atom stereocenters. The van der Waals surface area contributed by atoms with Crippen LogP contribution < -0.4 is 10.1 Å². The number of aliphatic hydroxyl groups excluding tert-OH is 1. The van der Waals surface area contributed by atoms with Gasteiger partial charge in [-0.25, -0.2) is 0 Å². The number of aliphatic hydroxyl groups is 1. The molecule has 19 heavy (non-hydrogen) atoms. The molecule has 1 aromatic rings. The summed E-state index contributed by atoms with van der Waals surface area (Å²) < 4.78 is 5.18. The first kappa shape index (κ1) is 15.5. The molecule has 0 aliphatic carbocycles. The van der Waals surface area contributed by atoms with E-state index in [2.05, 4.69) is 10.5 Å². The highest BCUT2D eigenvalue weighted by atomic mass is 16.6. The minimum atomic E-state index is -0.572. The number of benzene rings is 1. The van der Waals surface area contributed by atoms with Crippen LogP contribution in [0.1, 0.15) is 19.4 Å². The number of hydrogen-bond donors (Lipinski definition) is 2. The number of ether oxygens (including phenoxy) is 1. The molecule has 2 N–H and O–H groups in total. The van der Waals surface area contributed by atoms with Crippen molar-refractivity contribution in [3.63, 3.8) is 0 Å². The van der Waals surface area contributed by atoms with Crippen LogP contribution in [0, 0.1) is 0 Å². The molecule has 0 spiro atoms. The molecule has 0 bridgehead atoms. The molecule has 0 saturated heterocycles. The van der Waals surface area contributed by atoms with E-state index in [0.717, 1.165) is 11.3 Å². The predicted octanol–water partition coefficient (Wildman–Crippen LogP) is 1.40. The average Bonchev–Trinajstić information content (AvgIpc) is 2.41. The van der Waals surface area contributed by atoms with E-state index in [1.165, 1.54) is 0 Å². The fourth-order valence-electron chi connectivity index (χ4n) is 1.43. The number of oxime groups is 1. The van der Waals surface area contributed by atoms with Crippen molar-refractivity contribution in [2.45, 2.75) is 26.0 Å². The minimum absolute atomic E-state index is 0.158. The number of rotatable bonds is 8. The maximum Gasteiger partial charge on any atom is 0.144 e. The van der Waals surface area contributed by atoms with Crippen LogP contribution in [0.5, 0.6) is 5.75 Å². The molecule has 1 rings (SSSR count). The van der Waals surface area contributed by atoms with Crippen LogP contribution in [0.2, 0.25) is 0 Å². The molecule has 106 valence electrons. The molecule has 0 aliphatic rings. The van der Waals surface area contributed by atoms with Gasteiger partial charge in [-0.1, -0.05) is 31.1 Å². The first-order valence-electron chi connectivity index (χ1n) is 6.33. The Kier molecular flexibility index (Phi) is 6.92. The van der Waals surface area contributed by atoms with Crippen LogP contribution in [-0.4, -0.2) is 43.7 Å². The minimum Gasteiger partial charge on any atom is -0.496 e. The molecule has 0 saturated carbocycles. The highest BCUT2D eigenvalue weighted by Gasteiger charge is 2.04. The molecule has 0 heterocycles. The second kappa shape index (κ2) is 8.50. The van der Waals surface area contributed by atoms with E-state index in [1.807, 2.05) is 38.1 Å². The van der Waals surface area contributed by atoms with Gasteiger partial charge in [0.2, 0.25) is 0 Å². The quantitative estimate of drug-likeness (QED) is 0.551. The summed E-state index contributed by atoms with van der Waals surface area (Å²) in [7, 11) is 1.61. The van der Waals surface area contributed by atoms with Crippen LogP contribution >= 0.6 is 0 Å². The number of methoxy groups -OCH3 is 1. The van der Waals surface area contributed by atoms with Gasteiger partial charge in [0.25, 0.3) is 0 Å². The summed E-state index contributed by atoms with van der Waals surface area (Å²) in [6, 6.07) is 7.85. The zero-order valence-electron chi connectivity index (χ0n) is 11.7. The summed E-state index contributed by atoms with van der Waals surface area (Å²) in [6.45, 7) is 4.69. The third kappa shape index (κ3) is 6.22. The normalized spacial score (nSPS) is 12.9. The predicted molar refractivity (Wildman–Crippen MR) is 75.7 cm³/mol. The van der Waals surface area contributed by atoms with Gasteiger partial charge in [-0.05, 0) is 12.1 Å². The summed E-state index contributed by atoms with van der Waals surface area (Å²) in [5.74, 6) is 0.733. The number of para-hydroxylation sites is 1. The van der Waals surface area contributed by atoms with Gasteiger partial charge in [-0.15, -0.1) is 0 Å². The molecular formula is C14H22N2O3. The van der Waals surface area contributed by atoms with Crippen molar-refractivity contribution in [3.05, 3.63) is 29.8 Å². The zero-order chi connectivity index (χ0) is 14.1. The third-order valence-corrected chi connectivity index (χ3v) is 2.43. The molecule has 1 aromatic carbocycles. The Morgan fingerprint density at radius 3 is 2.79 bits per heavy atom. The van der Waals surface area contributed by atoms with Crippen LogP contribution in [0.3, 0.4) is 0 Å². The molecule has 0 radical (unpaired) electrons. The molecule has 0 aromatic heterocycles. The van der Waals surface area contributed by atoms with Crippen molar-refractivity contribution in [2.24, 2.45) is 5.16 Å². The third-order valence-electron chi connectivity index (χ3n) is 2.43. The Balaban J connectivity index is 2.34. The van der Waals surface area contributed by atoms with Gasteiger partial charge in [0.05, 0.1) is 13.3 Å². The van der Waals surface area contributed by atoms with Crippen molar-refractivity contribution < 1.29 is 14.7 Å². The van der Waals surface area contributed by atoms with E-state index in [4.69, 9.17) is 9.57 Å². The second-order valence-electron chi connectivity index (χ2n) is 4.49. The van der Waals surface area contributed by atoms with Gasteiger partial charge in [0, 0.05) is 18.2 Å². The Labute approximate surface area is 114 Å². The van der Waals surface area contributed by atoms with E-state index in [9.17, 15) is 5.11 Å². The summed E-state index contributed by atoms with van der Waals surface area (Å²) >= 11 is 0. The maximum absolute atomic E-state index is 9.61. The van der Waals surface area contributed by atoms with Crippen molar-refractivity contribution in [1.29, 1.82) is 0 Å². The lowest BCUT2D eigenvalue weighted by atomic mass is 10.2. The van der Waals surface area contributed by atoms with Crippen LogP contribution in [0.4, 0.5) is 0 Å².